The van der Waals surface area contributed by atoms with Crippen LogP contribution < -0.4 is 5.32 Å². The van der Waals surface area contributed by atoms with Crippen LogP contribution in [0.5, 0.6) is 0 Å². The van der Waals surface area contributed by atoms with Crippen molar-refractivity contribution in [3.8, 4) is 0 Å². The fourth-order valence-electron chi connectivity index (χ4n) is 2.87. The molecule has 1 heterocycles. The molecule has 0 saturated carbocycles. The molecule has 0 aromatic heterocycles. The van der Waals surface area contributed by atoms with Crippen LogP contribution >= 0.6 is 0 Å². The maximum absolute atomic E-state index is 12.9. The second-order valence-corrected chi connectivity index (χ2v) is 8.11. The lowest BCUT2D eigenvalue weighted by molar-refractivity contribution is -0.385. The summed E-state index contributed by atoms with van der Waals surface area (Å²) >= 11 is 0. The summed E-state index contributed by atoms with van der Waals surface area (Å²) in [4.78, 5) is 24.1. The first-order chi connectivity index (χ1) is 12.3. The predicted octanol–water partition coefficient (Wildman–Crippen LogP) is 0.736. The van der Waals surface area contributed by atoms with Crippen LogP contribution in [-0.2, 0) is 14.8 Å². The second-order valence-electron chi connectivity index (χ2n) is 6.20. The van der Waals surface area contributed by atoms with Crippen LogP contribution in [0, 0.1) is 17.0 Å². The molecule has 9 nitrogen and oxygen atoms in total. The molecule has 1 fully saturated rings. The predicted molar refractivity (Wildman–Crippen MR) is 96.3 cm³/mol. The Morgan fingerprint density at radius 1 is 1.27 bits per heavy atom. The van der Waals surface area contributed by atoms with Crippen molar-refractivity contribution in [3.63, 3.8) is 0 Å². The molecular weight excluding hydrogens is 360 g/mol. The zero-order chi connectivity index (χ0) is 19.3. The second kappa shape index (κ2) is 8.56. The number of carbonyl (C=O) groups excluding carboxylic acids is 1. The molecule has 1 aliphatic rings. The van der Waals surface area contributed by atoms with Gasteiger partial charge in [0.25, 0.3) is 5.69 Å². The van der Waals surface area contributed by atoms with E-state index in [0.717, 1.165) is 19.0 Å². The molecule has 1 aromatic carbocycles. The molecule has 10 heteroatoms. The highest BCUT2D eigenvalue weighted by Gasteiger charge is 2.31. The number of benzene rings is 1. The molecule has 144 valence electrons. The van der Waals surface area contributed by atoms with E-state index in [2.05, 4.69) is 5.32 Å². The average molecular weight is 384 g/mol. The molecule has 0 unspecified atom stereocenters. The van der Waals surface area contributed by atoms with E-state index >= 15 is 0 Å². The lowest BCUT2D eigenvalue weighted by Crippen LogP contribution is -2.50. The van der Waals surface area contributed by atoms with Crippen molar-refractivity contribution in [3.05, 3.63) is 33.9 Å². The topological polar surface area (TPSA) is 113 Å². The third-order valence-electron chi connectivity index (χ3n) is 4.41. The van der Waals surface area contributed by atoms with Crippen molar-refractivity contribution >= 4 is 21.6 Å². The number of aryl methyl sites for hydroxylation is 1. The highest BCUT2D eigenvalue weighted by molar-refractivity contribution is 7.89. The van der Waals surface area contributed by atoms with Gasteiger partial charge < -0.3 is 10.2 Å². The van der Waals surface area contributed by atoms with Gasteiger partial charge in [0.15, 0.2) is 0 Å². The first kappa shape index (κ1) is 20.3. The number of nitrogens with zero attached hydrogens (tertiary/aromatic N) is 3. The molecule has 1 aliphatic heterocycles. The summed E-state index contributed by atoms with van der Waals surface area (Å²) in [6.07, 6.45) is 1.16. The van der Waals surface area contributed by atoms with Gasteiger partial charge in [0, 0.05) is 44.7 Å². The normalized spacial score (nSPS) is 15.8. The van der Waals surface area contributed by atoms with Gasteiger partial charge in [-0.15, -0.1) is 0 Å². The molecule has 0 atom stereocenters. The summed E-state index contributed by atoms with van der Waals surface area (Å²) in [6, 6.07) is 3.82. The van der Waals surface area contributed by atoms with E-state index in [9.17, 15) is 23.3 Å². The molecule has 0 bridgehead atoms. The molecule has 0 aliphatic carbocycles. The molecule has 1 saturated heterocycles. The third-order valence-corrected chi connectivity index (χ3v) is 6.45. The average Bonchev–Trinajstić information content (AvgIpc) is 2.62. The van der Waals surface area contributed by atoms with Crippen molar-refractivity contribution in [2.75, 3.05) is 39.8 Å². The zero-order valence-corrected chi connectivity index (χ0v) is 15.8. The number of nitro groups is 1. The van der Waals surface area contributed by atoms with Crippen LogP contribution in [0.3, 0.4) is 0 Å². The monoisotopic (exact) mass is 384 g/mol. The van der Waals surface area contributed by atoms with Crippen molar-refractivity contribution in [2.24, 2.45) is 0 Å². The number of sulfonamides is 1. The fraction of sp³-hybridized carbons (Fsp3) is 0.562. The number of rotatable bonds is 7. The first-order valence-electron chi connectivity index (χ1n) is 8.45. The van der Waals surface area contributed by atoms with Crippen molar-refractivity contribution in [1.82, 2.24) is 14.5 Å². The van der Waals surface area contributed by atoms with Crippen LogP contribution in [0.2, 0.25) is 0 Å². The Bertz CT molecular complexity index is 773. The standard InChI is InChI=1S/C16H24N4O5S/c1-13-5-6-14(20(22)23)12-15(13)26(24,25)19-10-8-18(9-11-19)16(21)4-3-7-17-2/h5-6,12,17H,3-4,7-11H2,1-2H3. The molecule has 1 amide bonds. The summed E-state index contributed by atoms with van der Waals surface area (Å²) in [5, 5.41) is 13.9. The van der Waals surface area contributed by atoms with E-state index in [-0.39, 0.29) is 29.6 Å². The van der Waals surface area contributed by atoms with Gasteiger partial charge in [-0.1, -0.05) is 6.07 Å². The van der Waals surface area contributed by atoms with Gasteiger partial charge >= 0.3 is 0 Å². The van der Waals surface area contributed by atoms with Gasteiger partial charge in [-0.05, 0) is 32.5 Å². The van der Waals surface area contributed by atoms with E-state index in [4.69, 9.17) is 0 Å². The highest BCUT2D eigenvalue weighted by atomic mass is 32.2. The van der Waals surface area contributed by atoms with Gasteiger partial charge in [-0.25, -0.2) is 8.42 Å². The van der Waals surface area contributed by atoms with Gasteiger partial charge in [-0.2, -0.15) is 4.31 Å². The number of nitrogens with one attached hydrogen (secondary N) is 1. The van der Waals surface area contributed by atoms with Crippen molar-refractivity contribution in [2.45, 2.75) is 24.7 Å². The van der Waals surface area contributed by atoms with Crippen LogP contribution in [-0.4, -0.2) is 68.2 Å². The number of non-ortho nitro benzene ring substituents is 1. The van der Waals surface area contributed by atoms with Gasteiger partial charge in [0.05, 0.1) is 9.82 Å². The first-order valence-corrected chi connectivity index (χ1v) is 9.89. The SMILES string of the molecule is CNCCCC(=O)N1CCN(S(=O)(=O)c2cc([N+](=O)[O-])ccc2C)CC1. The fourth-order valence-corrected chi connectivity index (χ4v) is 4.54. The minimum Gasteiger partial charge on any atom is -0.340 e. The molecule has 26 heavy (non-hydrogen) atoms. The summed E-state index contributed by atoms with van der Waals surface area (Å²) in [5.41, 5.74) is 0.202. The maximum atomic E-state index is 12.9. The van der Waals surface area contributed by atoms with Crippen molar-refractivity contribution < 1.29 is 18.1 Å². The lowest BCUT2D eigenvalue weighted by Gasteiger charge is -2.34. The molecule has 1 N–H and O–H groups in total. The van der Waals surface area contributed by atoms with E-state index in [1.807, 2.05) is 7.05 Å². The van der Waals surface area contributed by atoms with E-state index in [1.54, 1.807) is 11.8 Å². The quantitative estimate of drug-likeness (QED) is 0.421. The van der Waals surface area contributed by atoms with Crippen LogP contribution in [0.1, 0.15) is 18.4 Å². The van der Waals surface area contributed by atoms with Gasteiger partial charge in [-0.3, -0.25) is 14.9 Å². The lowest BCUT2D eigenvalue weighted by atomic mass is 10.2. The highest BCUT2D eigenvalue weighted by Crippen LogP contribution is 2.25. The Morgan fingerprint density at radius 3 is 2.50 bits per heavy atom. The molecule has 0 radical (unpaired) electrons. The maximum Gasteiger partial charge on any atom is 0.270 e. The smallest absolute Gasteiger partial charge is 0.270 e. The Morgan fingerprint density at radius 2 is 1.92 bits per heavy atom. The summed E-state index contributed by atoms with van der Waals surface area (Å²) in [7, 11) is -2.01. The Hall–Kier alpha value is -2.04. The van der Waals surface area contributed by atoms with Crippen LogP contribution in [0.4, 0.5) is 5.69 Å². The largest absolute Gasteiger partial charge is 0.340 e. The Balaban J connectivity index is 2.07. The number of hydrogen-bond acceptors (Lipinski definition) is 6. The van der Waals surface area contributed by atoms with Crippen LogP contribution in [0.15, 0.2) is 23.1 Å². The number of hydrogen-bond donors (Lipinski definition) is 1. The number of nitro benzene ring substituents is 1. The Kier molecular flexibility index (Phi) is 6.68. The number of carbonyl (C=O) groups is 1. The number of piperazine rings is 1. The summed E-state index contributed by atoms with van der Waals surface area (Å²) in [5.74, 6) is 0.0174. The third kappa shape index (κ3) is 4.57. The molecule has 0 spiro atoms. The summed E-state index contributed by atoms with van der Waals surface area (Å²) < 4.78 is 27.0. The Labute approximate surface area is 153 Å². The van der Waals surface area contributed by atoms with Gasteiger partial charge in [0.2, 0.25) is 15.9 Å². The number of amides is 1. The minimum atomic E-state index is -3.84. The molecule has 1 aromatic rings. The van der Waals surface area contributed by atoms with E-state index in [1.165, 1.54) is 16.4 Å². The van der Waals surface area contributed by atoms with E-state index in [0.29, 0.717) is 25.1 Å². The minimum absolute atomic E-state index is 0.0174. The summed E-state index contributed by atoms with van der Waals surface area (Å²) in [6.45, 7) is 3.38. The van der Waals surface area contributed by atoms with Crippen LogP contribution in [0.25, 0.3) is 0 Å². The van der Waals surface area contributed by atoms with E-state index < -0.39 is 14.9 Å². The van der Waals surface area contributed by atoms with Crippen molar-refractivity contribution in [1.29, 1.82) is 0 Å². The molecular formula is C16H24N4O5S. The molecule has 2 rings (SSSR count). The zero-order valence-electron chi connectivity index (χ0n) is 15.0. The van der Waals surface area contributed by atoms with Gasteiger partial charge in [0.1, 0.15) is 0 Å².